The van der Waals surface area contributed by atoms with Crippen LogP contribution < -0.4 is 4.74 Å². The molecule has 2 aromatic carbocycles. The number of ether oxygens (including phenoxy) is 3. The minimum atomic E-state index is -1.04. The molecule has 0 aromatic heterocycles. The zero-order valence-corrected chi connectivity index (χ0v) is 13.5. The minimum Gasteiger partial charge on any atom is -0.504 e. The van der Waals surface area contributed by atoms with Crippen molar-refractivity contribution < 1.29 is 49.3 Å². The van der Waals surface area contributed by atoms with Gasteiger partial charge in [0.2, 0.25) is 17.2 Å². The Morgan fingerprint density at radius 3 is 1.92 bits per heavy atom. The molecule has 0 fully saturated rings. The molecule has 0 aliphatic rings. The molecule has 0 aliphatic heterocycles. The number of phenols is 5. The maximum atomic E-state index is 11.8. The van der Waals surface area contributed by atoms with Crippen LogP contribution in [0.2, 0.25) is 0 Å². The van der Waals surface area contributed by atoms with Crippen LogP contribution in [-0.2, 0) is 9.47 Å². The lowest BCUT2D eigenvalue weighted by Gasteiger charge is -2.15. The van der Waals surface area contributed by atoms with Crippen molar-refractivity contribution in [3.63, 3.8) is 0 Å². The van der Waals surface area contributed by atoms with Gasteiger partial charge in [-0.05, 0) is 12.1 Å². The fraction of sp³-hybridized carbons (Fsp3) is 0.125. The van der Waals surface area contributed by atoms with E-state index in [4.69, 9.17) is 4.74 Å². The van der Waals surface area contributed by atoms with E-state index in [0.29, 0.717) is 0 Å². The van der Waals surface area contributed by atoms with E-state index >= 15 is 0 Å². The number of methoxy groups -OCH3 is 2. The van der Waals surface area contributed by atoms with E-state index in [1.54, 1.807) is 0 Å². The third kappa shape index (κ3) is 3.20. The van der Waals surface area contributed by atoms with E-state index in [-0.39, 0.29) is 5.56 Å². The van der Waals surface area contributed by atoms with Crippen LogP contribution in [0.3, 0.4) is 0 Å². The van der Waals surface area contributed by atoms with Crippen molar-refractivity contribution in [3.05, 3.63) is 29.3 Å². The standard InChI is InChI=1S/C16H14O10/c1-24-15(22)6-3-8(17)11(19)10(4-6)26-14-7(16(23)25-2)5-9(18)12(20)13(14)21/h3-5,17-21H,1-2H3. The summed E-state index contributed by atoms with van der Waals surface area (Å²) in [5.74, 6) is -7.57. The number of aromatic hydroxyl groups is 5. The lowest BCUT2D eigenvalue weighted by atomic mass is 10.1. The number of phenolic OH excluding ortho intramolecular Hbond substituents is 5. The molecule has 2 aromatic rings. The van der Waals surface area contributed by atoms with Crippen molar-refractivity contribution in [2.24, 2.45) is 0 Å². The first-order valence-corrected chi connectivity index (χ1v) is 6.89. The Labute approximate surface area is 146 Å². The lowest BCUT2D eigenvalue weighted by molar-refractivity contribution is 0.0587. The molecular formula is C16H14O10. The van der Waals surface area contributed by atoms with Crippen LogP contribution in [0.15, 0.2) is 18.2 Å². The van der Waals surface area contributed by atoms with Gasteiger partial charge in [-0.25, -0.2) is 9.59 Å². The Morgan fingerprint density at radius 1 is 0.769 bits per heavy atom. The summed E-state index contributed by atoms with van der Waals surface area (Å²) in [4.78, 5) is 23.4. The van der Waals surface area contributed by atoms with E-state index in [1.807, 2.05) is 0 Å². The molecule has 0 saturated carbocycles. The van der Waals surface area contributed by atoms with Gasteiger partial charge in [-0.1, -0.05) is 0 Å². The Kier molecular flexibility index (Phi) is 4.96. The smallest absolute Gasteiger partial charge is 0.341 e. The van der Waals surface area contributed by atoms with Crippen molar-refractivity contribution in [1.29, 1.82) is 0 Å². The second kappa shape index (κ2) is 6.97. The molecule has 0 bridgehead atoms. The zero-order valence-electron chi connectivity index (χ0n) is 13.5. The maximum Gasteiger partial charge on any atom is 0.341 e. The summed E-state index contributed by atoms with van der Waals surface area (Å²) in [5, 5.41) is 48.8. The number of carbonyl (C=O) groups excluding carboxylic acids is 2. The van der Waals surface area contributed by atoms with Gasteiger partial charge in [-0.3, -0.25) is 0 Å². The highest BCUT2D eigenvalue weighted by atomic mass is 16.5. The summed E-state index contributed by atoms with van der Waals surface area (Å²) in [7, 11) is 2.11. The van der Waals surface area contributed by atoms with Crippen molar-refractivity contribution >= 4 is 11.9 Å². The summed E-state index contributed by atoms with van der Waals surface area (Å²) in [6.07, 6.45) is 0. The van der Waals surface area contributed by atoms with Gasteiger partial charge < -0.3 is 39.7 Å². The van der Waals surface area contributed by atoms with Crippen LogP contribution in [0.25, 0.3) is 0 Å². The molecule has 5 N–H and O–H groups in total. The van der Waals surface area contributed by atoms with E-state index in [9.17, 15) is 35.1 Å². The number of hydrogen-bond donors (Lipinski definition) is 5. The fourth-order valence-corrected chi connectivity index (χ4v) is 2.01. The average molecular weight is 366 g/mol. The highest BCUT2D eigenvalue weighted by Gasteiger charge is 2.26. The molecule has 138 valence electrons. The van der Waals surface area contributed by atoms with Gasteiger partial charge in [0.1, 0.15) is 5.56 Å². The minimum absolute atomic E-state index is 0.208. The highest BCUT2D eigenvalue weighted by molar-refractivity contribution is 5.95. The number of benzene rings is 2. The lowest BCUT2D eigenvalue weighted by Crippen LogP contribution is -2.05. The van der Waals surface area contributed by atoms with Gasteiger partial charge >= 0.3 is 11.9 Å². The van der Waals surface area contributed by atoms with Crippen LogP contribution >= 0.6 is 0 Å². The predicted molar refractivity (Wildman–Crippen MR) is 84.0 cm³/mol. The van der Waals surface area contributed by atoms with Crippen molar-refractivity contribution in [3.8, 4) is 40.2 Å². The Hall–Kier alpha value is -3.82. The molecule has 0 spiro atoms. The first-order chi connectivity index (χ1) is 12.2. The molecule has 0 heterocycles. The molecule has 26 heavy (non-hydrogen) atoms. The van der Waals surface area contributed by atoms with Gasteiger partial charge in [-0.2, -0.15) is 0 Å². The molecule has 0 radical (unpaired) electrons. The Balaban J connectivity index is 2.65. The van der Waals surface area contributed by atoms with Crippen LogP contribution in [0, 0.1) is 0 Å². The molecule has 0 unspecified atom stereocenters. The van der Waals surface area contributed by atoms with E-state index < -0.39 is 57.7 Å². The number of esters is 2. The predicted octanol–water partition coefficient (Wildman–Crippen LogP) is 1.58. The summed E-state index contributed by atoms with van der Waals surface area (Å²) in [6.45, 7) is 0. The van der Waals surface area contributed by atoms with Crippen molar-refractivity contribution in [2.45, 2.75) is 0 Å². The van der Waals surface area contributed by atoms with Crippen molar-refractivity contribution in [1.82, 2.24) is 0 Å². The molecule has 0 aliphatic carbocycles. The third-order valence-corrected chi connectivity index (χ3v) is 3.30. The number of carbonyl (C=O) groups is 2. The van der Waals surface area contributed by atoms with Crippen LogP contribution in [0.1, 0.15) is 20.7 Å². The highest BCUT2D eigenvalue weighted by Crippen LogP contribution is 2.48. The first kappa shape index (κ1) is 18.5. The van der Waals surface area contributed by atoms with Crippen LogP contribution in [0.5, 0.6) is 40.2 Å². The molecular weight excluding hydrogens is 352 g/mol. The normalized spacial score (nSPS) is 10.2. The van der Waals surface area contributed by atoms with Crippen molar-refractivity contribution in [2.75, 3.05) is 14.2 Å². The van der Waals surface area contributed by atoms with Gasteiger partial charge in [0.05, 0.1) is 19.8 Å². The molecule has 2 rings (SSSR count). The molecule has 10 heteroatoms. The maximum absolute atomic E-state index is 11.8. The van der Waals surface area contributed by atoms with Gasteiger partial charge in [0.25, 0.3) is 0 Å². The topological polar surface area (TPSA) is 163 Å². The quantitative estimate of drug-likeness (QED) is 0.396. The molecule has 0 amide bonds. The fourth-order valence-electron chi connectivity index (χ4n) is 2.01. The first-order valence-electron chi connectivity index (χ1n) is 6.89. The monoisotopic (exact) mass is 366 g/mol. The SMILES string of the molecule is COC(=O)c1cc(O)c(O)c(Oc2c(C(=O)OC)cc(O)c(O)c2O)c1. The van der Waals surface area contributed by atoms with Gasteiger partial charge in [0.15, 0.2) is 23.0 Å². The molecule has 0 saturated heterocycles. The van der Waals surface area contributed by atoms with Crippen LogP contribution in [0.4, 0.5) is 0 Å². The van der Waals surface area contributed by atoms with Crippen LogP contribution in [-0.4, -0.2) is 51.7 Å². The molecule has 0 atom stereocenters. The average Bonchev–Trinajstić information content (AvgIpc) is 2.63. The number of rotatable bonds is 4. The summed E-state index contributed by atoms with van der Waals surface area (Å²) in [5.41, 5.74) is -0.706. The Bertz CT molecular complexity index is 887. The number of hydrogen-bond acceptors (Lipinski definition) is 10. The zero-order chi connectivity index (χ0) is 19.6. The van der Waals surface area contributed by atoms with Gasteiger partial charge in [0, 0.05) is 6.07 Å². The summed E-state index contributed by atoms with van der Waals surface area (Å²) < 4.78 is 14.2. The van der Waals surface area contributed by atoms with E-state index in [0.717, 1.165) is 32.4 Å². The van der Waals surface area contributed by atoms with E-state index in [2.05, 4.69) is 9.47 Å². The second-order valence-electron chi connectivity index (χ2n) is 4.90. The Morgan fingerprint density at radius 2 is 1.35 bits per heavy atom. The van der Waals surface area contributed by atoms with Gasteiger partial charge in [-0.15, -0.1) is 0 Å². The second-order valence-corrected chi connectivity index (χ2v) is 4.90. The van der Waals surface area contributed by atoms with E-state index in [1.165, 1.54) is 0 Å². The third-order valence-electron chi connectivity index (χ3n) is 3.30. The summed E-state index contributed by atoms with van der Waals surface area (Å²) >= 11 is 0. The largest absolute Gasteiger partial charge is 0.504 e. The summed E-state index contributed by atoms with van der Waals surface area (Å²) in [6, 6.07) is 2.63. The molecule has 10 nitrogen and oxygen atoms in total.